The molecule has 0 bridgehead atoms. The lowest BCUT2D eigenvalue weighted by Crippen LogP contribution is -2.43. The summed E-state index contributed by atoms with van der Waals surface area (Å²) < 4.78 is 35.7. The van der Waals surface area contributed by atoms with Crippen LogP contribution in [0, 0.1) is 0 Å². The third-order valence-electron chi connectivity index (χ3n) is 2.27. The van der Waals surface area contributed by atoms with Gasteiger partial charge in [-0.2, -0.15) is 13.2 Å². The first-order valence-corrected chi connectivity index (χ1v) is 5.96. The van der Waals surface area contributed by atoms with Crippen LogP contribution in [0.25, 0.3) is 0 Å². The van der Waals surface area contributed by atoms with Gasteiger partial charge in [-0.05, 0) is 20.5 Å². The SMILES string of the molecule is CCCN(CCN(C)C)C(=O)CNCC(F)(F)F. The lowest BCUT2D eigenvalue weighted by Gasteiger charge is -2.24. The molecule has 0 aliphatic rings. The number of hydrogen-bond donors (Lipinski definition) is 1. The molecule has 108 valence electrons. The maximum atomic E-state index is 11.9. The van der Waals surface area contributed by atoms with Gasteiger partial charge in [0, 0.05) is 19.6 Å². The highest BCUT2D eigenvalue weighted by atomic mass is 19.4. The maximum absolute atomic E-state index is 11.9. The molecule has 1 amide bonds. The summed E-state index contributed by atoms with van der Waals surface area (Å²) in [5.41, 5.74) is 0. The zero-order valence-corrected chi connectivity index (χ0v) is 11.2. The Bertz CT molecular complexity index is 244. The number of carbonyl (C=O) groups excluding carboxylic acids is 1. The van der Waals surface area contributed by atoms with Gasteiger partial charge in [0.1, 0.15) is 0 Å². The van der Waals surface area contributed by atoms with E-state index in [1.807, 2.05) is 25.9 Å². The lowest BCUT2D eigenvalue weighted by molar-refractivity contribution is -0.134. The molecule has 0 radical (unpaired) electrons. The van der Waals surface area contributed by atoms with E-state index in [9.17, 15) is 18.0 Å². The van der Waals surface area contributed by atoms with Crippen LogP contribution in [0.4, 0.5) is 13.2 Å². The van der Waals surface area contributed by atoms with Crippen molar-refractivity contribution in [3.8, 4) is 0 Å². The highest BCUT2D eigenvalue weighted by Gasteiger charge is 2.27. The number of hydrogen-bond acceptors (Lipinski definition) is 3. The Hall–Kier alpha value is -0.820. The van der Waals surface area contributed by atoms with E-state index >= 15 is 0 Å². The molecule has 0 spiro atoms. The summed E-state index contributed by atoms with van der Waals surface area (Å²) in [5, 5.41) is 2.12. The largest absolute Gasteiger partial charge is 0.401 e. The number of amides is 1. The van der Waals surface area contributed by atoms with Crippen molar-refractivity contribution in [3.05, 3.63) is 0 Å². The van der Waals surface area contributed by atoms with E-state index in [0.29, 0.717) is 19.6 Å². The van der Waals surface area contributed by atoms with E-state index < -0.39 is 12.7 Å². The second-order valence-electron chi connectivity index (χ2n) is 4.40. The van der Waals surface area contributed by atoms with Crippen molar-refractivity contribution in [1.29, 1.82) is 0 Å². The van der Waals surface area contributed by atoms with Crippen molar-refractivity contribution < 1.29 is 18.0 Å². The van der Waals surface area contributed by atoms with Crippen molar-refractivity contribution in [2.75, 3.05) is 46.8 Å². The molecule has 0 saturated carbocycles. The Morgan fingerprint density at radius 1 is 1.17 bits per heavy atom. The van der Waals surface area contributed by atoms with Crippen molar-refractivity contribution in [1.82, 2.24) is 15.1 Å². The summed E-state index contributed by atoms with van der Waals surface area (Å²) in [5.74, 6) is -0.289. The fourth-order valence-corrected chi connectivity index (χ4v) is 1.37. The Labute approximate surface area is 106 Å². The number of likely N-dealkylation sites (N-methyl/N-ethyl adjacent to an activating group) is 1. The van der Waals surface area contributed by atoms with Crippen LogP contribution in [-0.2, 0) is 4.79 Å². The number of alkyl halides is 3. The highest BCUT2D eigenvalue weighted by Crippen LogP contribution is 2.11. The van der Waals surface area contributed by atoms with E-state index in [0.717, 1.165) is 6.42 Å². The lowest BCUT2D eigenvalue weighted by atomic mass is 10.3. The Balaban J connectivity index is 4.05. The minimum atomic E-state index is -4.28. The summed E-state index contributed by atoms with van der Waals surface area (Å²) in [6.45, 7) is 2.33. The van der Waals surface area contributed by atoms with Crippen LogP contribution >= 0.6 is 0 Å². The van der Waals surface area contributed by atoms with Crippen LogP contribution < -0.4 is 5.32 Å². The van der Waals surface area contributed by atoms with E-state index in [4.69, 9.17) is 0 Å². The van der Waals surface area contributed by atoms with Gasteiger partial charge in [0.05, 0.1) is 13.1 Å². The number of rotatable bonds is 8. The van der Waals surface area contributed by atoms with Gasteiger partial charge in [-0.25, -0.2) is 0 Å². The third kappa shape index (κ3) is 9.23. The second kappa shape index (κ2) is 8.31. The molecule has 7 heteroatoms. The molecule has 0 aliphatic carbocycles. The first-order chi connectivity index (χ1) is 8.26. The minimum absolute atomic E-state index is 0.271. The van der Waals surface area contributed by atoms with Crippen molar-refractivity contribution in [2.45, 2.75) is 19.5 Å². The fraction of sp³-hybridized carbons (Fsp3) is 0.909. The summed E-state index contributed by atoms with van der Waals surface area (Å²) in [4.78, 5) is 15.2. The van der Waals surface area contributed by atoms with Crippen LogP contribution in [0.1, 0.15) is 13.3 Å². The molecule has 0 saturated heterocycles. The number of nitrogens with one attached hydrogen (secondary N) is 1. The zero-order valence-electron chi connectivity index (χ0n) is 11.2. The smallest absolute Gasteiger partial charge is 0.340 e. The molecule has 0 heterocycles. The molecule has 0 aliphatic heterocycles. The van der Waals surface area contributed by atoms with Gasteiger partial charge in [-0.1, -0.05) is 6.92 Å². The molecule has 0 rings (SSSR count). The van der Waals surface area contributed by atoms with Gasteiger partial charge in [0.2, 0.25) is 5.91 Å². The van der Waals surface area contributed by atoms with Gasteiger partial charge in [0.25, 0.3) is 0 Å². The Morgan fingerprint density at radius 3 is 2.22 bits per heavy atom. The summed E-state index contributed by atoms with van der Waals surface area (Å²) in [7, 11) is 3.77. The molecule has 0 aromatic heterocycles. The van der Waals surface area contributed by atoms with E-state index in [1.165, 1.54) is 0 Å². The van der Waals surface area contributed by atoms with Crippen LogP contribution in [0.3, 0.4) is 0 Å². The molecule has 1 N–H and O–H groups in total. The Kier molecular flexibility index (Phi) is 7.93. The Morgan fingerprint density at radius 2 is 1.78 bits per heavy atom. The predicted molar refractivity (Wildman–Crippen MR) is 64.3 cm³/mol. The van der Waals surface area contributed by atoms with Crippen LogP contribution in [0.2, 0.25) is 0 Å². The average molecular weight is 269 g/mol. The van der Waals surface area contributed by atoms with Gasteiger partial charge >= 0.3 is 6.18 Å². The summed E-state index contributed by atoms with van der Waals surface area (Å²) in [6, 6.07) is 0. The van der Waals surface area contributed by atoms with Gasteiger partial charge < -0.3 is 15.1 Å². The molecule has 0 atom stereocenters. The third-order valence-corrected chi connectivity index (χ3v) is 2.27. The van der Waals surface area contributed by atoms with Crippen LogP contribution in [0.5, 0.6) is 0 Å². The molecule has 4 nitrogen and oxygen atoms in total. The van der Waals surface area contributed by atoms with Crippen molar-refractivity contribution in [3.63, 3.8) is 0 Å². The predicted octanol–water partition coefficient (Wildman–Crippen LogP) is 0.939. The number of carbonyl (C=O) groups is 1. The number of nitrogens with zero attached hydrogens (tertiary/aromatic N) is 2. The summed E-state index contributed by atoms with van der Waals surface area (Å²) >= 11 is 0. The molecule has 0 aromatic carbocycles. The first-order valence-electron chi connectivity index (χ1n) is 5.96. The quantitative estimate of drug-likeness (QED) is 0.712. The first kappa shape index (κ1) is 17.2. The van der Waals surface area contributed by atoms with Crippen molar-refractivity contribution in [2.24, 2.45) is 0 Å². The standard InChI is InChI=1S/C11H22F3N3O/c1-4-5-17(7-6-16(2)3)10(18)8-15-9-11(12,13)14/h15H,4-9H2,1-3H3. The normalized spacial score (nSPS) is 11.9. The maximum Gasteiger partial charge on any atom is 0.401 e. The fourth-order valence-electron chi connectivity index (χ4n) is 1.37. The topological polar surface area (TPSA) is 35.6 Å². The zero-order chi connectivity index (χ0) is 14.2. The average Bonchev–Trinajstić information content (AvgIpc) is 2.21. The molecule has 0 unspecified atom stereocenters. The molecular formula is C11H22F3N3O. The van der Waals surface area contributed by atoms with E-state index in [-0.39, 0.29) is 12.5 Å². The number of halogens is 3. The molecule has 0 aromatic rings. The van der Waals surface area contributed by atoms with Gasteiger partial charge in [-0.15, -0.1) is 0 Å². The van der Waals surface area contributed by atoms with Gasteiger partial charge in [0.15, 0.2) is 0 Å². The highest BCUT2D eigenvalue weighted by molar-refractivity contribution is 5.78. The second-order valence-corrected chi connectivity index (χ2v) is 4.40. The summed E-state index contributed by atoms with van der Waals surface area (Å²) in [6.07, 6.45) is -3.49. The van der Waals surface area contributed by atoms with Crippen molar-refractivity contribution >= 4 is 5.91 Å². The molecule has 18 heavy (non-hydrogen) atoms. The monoisotopic (exact) mass is 269 g/mol. The van der Waals surface area contributed by atoms with E-state index in [2.05, 4.69) is 5.32 Å². The van der Waals surface area contributed by atoms with Gasteiger partial charge in [-0.3, -0.25) is 4.79 Å². The minimum Gasteiger partial charge on any atom is -0.340 e. The van der Waals surface area contributed by atoms with Crippen LogP contribution in [-0.4, -0.2) is 68.7 Å². The van der Waals surface area contributed by atoms with E-state index in [1.54, 1.807) is 4.90 Å². The molecular weight excluding hydrogens is 247 g/mol. The molecule has 0 fully saturated rings. The van der Waals surface area contributed by atoms with Crippen LogP contribution in [0.15, 0.2) is 0 Å².